The normalized spacial score (nSPS) is 21.9. The fourth-order valence-corrected chi connectivity index (χ4v) is 3.43. The van der Waals surface area contributed by atoms with E-state index in [1.807, 2.05) is 6.07 Å². The molecular weight excluding hydrogens is 244 g/mol. The van der Waals surface area contributed by atoms with E-state index in [-0.39, 0.29) is 22.9 Å². The zero-order valence-electron chi connectivity index (χ0n) is 8.80. The maximum Gasteiger partial charge on any atom is 0.229 e. The molecule has 1 aliphatic heterocycles. The van der Waals surface area contributed by atoms with Crippen molar-refractivity contribution in [3.05, 3.63) is 11.8 Å². The van der Waals surface area contributed by atoms with E-state index < -0.39 is 21.7 Å². The molecule has 17 heavy (non-hydrogen) atoms. The zero-order chi connectivity index (χ0) is 12.5. The van der Waals surface area contributed by atoms with Crippen LogP contribution in [0.4, 0.5) is 5.82 Å². The van der Waals surface area contributed by atoms with Gasteiger partial charge >= 0.3 is 0 Å². The Morgan fingerprint density at radius 1 is 1.65 bits per heavy atom. The van der Waals surface area contributed by atoms with Gasteiger partial charge in [0.05, 0.1) is 23.6 Å². The Morgan fingerprint density at radius 3 is 3.00 bits per heavy atom. The highest BCUT2D eigenvalue weighted by Crippen LogP contribution is 2.20. The van der Waals surface area contributed by atoms with E-state index >= 15 is 0 Å². The molecule has 1 unspecified atom stereocenters. The summed E-state index contributed by atoms with van der Waals surface area (Å²) in [6.45, 7) is 0. The molecule has 2 heterocycles. The Hall–Kier alpha value is -1.88. The van der Waals surface area contributed by atoms with Crippen LogP contribution in [0, 0.1) is 17.2 Å². The van der Waals surface area contributed by atoms with Gasteiger partial charge in [0.2, 0.25) is 5.91 Å². The Morgan fingerprint density at radius 2 is 2.41 bits per heavy atom. The largest absolute Gasteiger partial charge is 0.310 e. The van der Waals surface area contributed by atoms with E-state index in [4.69, 9.17) is 5.26 Å². The van der Waals surface area contributed by atoms with Gasteiger partial charge in [-0.1, -0.05) is 0 Å². The molecule has 1 amide bonds. The summed E-state index contributed by atoms with van der Waals surface area (Å²) < 4.78 is 22.4. The minimum absolute atomic E-state index is 0.0408. The van der Waals surface area contributed by atoms with Gasteiger partial charge in [-0.2, -0.15) is 10.4 Å². The van der Waals surface area contributed by atoms with Crippen LogP contribution in [0.5, 0.6) is 0 Å². The van der Waals surface area contributed by atoms with E-state index in [2.05, 4.69) is 15.5 Å². The second kappa shape index (κ2) is 4.18. The molecule has 1 atom stereocenters. The average molecular weight is 254 g/mol. The number of carbonyl (C=O) groups excluding carboxylic acids is 1. The molecule has 2 N–H and O–H groups in total. The summed E-state index contributed by atoms with van der Waals surface area (Å²) in [6.07, 6.45) is 1.62. The third-order valence-corrected chi connectivity index (χ3v) is 4.38. The summed E-state index contributed by atoms with van der Waals surface area (Å²) in [5.41, 5.74) is 0.221. The Labute approximate surface area is 97.7 Å². The zero-order valence-corrected chi connectivity index (χ0v) is 9.62. The van der Waals surface area contributed by atoms with Crippen molar-refractivity contribution >= 4 is 21.6 Å². The van der Waals surface area contributed by atoms with Crippen molar-refractivity contribution in [2.45, 2.75) is 6.42 Å². The summed E-state index contributed by atoms with van der Waals surface area (Å²) in [4.78, 5) is 11.7. The van der Waals surface area contributed by atoms with Crippen molar-refractivity contribution in [3.8, 4) is 6.07 Å². The number of sulfone groups is 1. The maximum absolute atomic E-state index is 11.7. The molecule has 1 aliphatic rings. The predicted molar refractivity (Wildman–Crippen MR) is 58.7 cm³/mol. The number of nitrogens with one attached hydrogen (secondary N) is 2. The third kappa shape index (κ3) is 2.45. The highest BCUT2D eigenvalue weighted by Gasteiger charge is 2.33. The molecule has 2 rings (SSSR count). The number of anilines is 1. The average Bonchev–Trinajstić information content (AvgIpc) is 2.84. The molecule has 8 heteroatoms. The van der Waals surface area contributed by atoms with Gasteiger partial charge in [-0.25, -0.2) is 8.42 Å². The minimum atomic E-state index is -3.09. The lowest BCUT2D eigenvalue weighted by atomic mass is 10.1. The van der Waals surface area contributed by atoms with E-state index in [9.17, 15) is 13.2 Å². The first kappa shape index (κ1) is 11.6. The number of nitriles is 1. The van der Waals surface area contributed by atoms with E-state index in [1.54, 1.807) is 0 Å². The van der Waals surface area contributed by atoms with Crippen molar-refractivity contribution in [1.82, 2.24) is 10.2 Å². The van der Waals surface area contributed by atoms with Gasteiger partial charge in [0.1, 0.15) is 17.5 Å². The molecule has 0 saturated carbocycles. The predicted octanol–water partition coefficient (Wildman–Crippen LogP) is -0.345. The first-order chi connectivity index (χ1) is 8.02. The van der Waals surface area contributed by atoms with Gasteiger partial charge in [-0.15, -0.1) is 0 Å². The minimum Gasteiger partial charge on any atom is -0.310 e. The van der Waals surface area contributed by atoms with Gasteiger partial charge in [0.15, 0.2) is 9.84 Å². The lowest BCUT2D eigenvalue weighted by molar-refractivity contribution is -0.119. The van der Waals surface area contributed by atoms with Crippen LogP contribution in [0.15, 0.2) is 6.20 Å². The highest BCUT2D eigenvalue weighted by atomic mass is 32.2. The van der Waals surface area contributed by atoms with Crippen molar-refractivity contribution in [2.75, 3.05) is 16.8 Å². The molecule has 0 bridgehead atoms. The number of rotatable bonds is 2. The van der Waals surface area contributed by atoms with Crippen LogP contribution in [0.2, 0.25) is 0 Å². The molecule has 0 spiro atoms. The van der Waals surface area contributed by atoms with Gasteiger partial charge in [0, 0.05) is 0 Å². The lowest BCUT2D eigenvalue weighted by Crippen LogP contribution is -2.24. The Balaban J connectivity index is 2.06. The summed E-state index contributed by atoms with van der Waals surface area (Å²) >= 11 is 0. The maximum atomic E-state index is 11.7. The molecule has 1 aromatic heterocycles. The Kier molecular flexibility index (Phi) is 2.85. The quantitative estimate of drug-likeness (QED) is 0.748. The number of aromatic amines is 1. The topological polar surface area (TPSA) is 116 Å². The van der Waals surface area contributed by atoms with Crippen LogP contribution in [0.25, 0.3) is 0 Å². The second-order valence-corrected chi connectivity index (χ2v) is 6.09. The molecule has 1 aromatic rings. The van der Waals surface area contributed by atoms with Crippen molar-refractivity contribution in [1.29, 1.82) is 5.26 Å². The molecular formula is C9H10N4O3S. The van der Waals surface area contributed by atoms with Gasteiger partial charge in [-0.3, -0.25) is 9.89 Å². The molecule has 90 valence electrons. The van der Waals surface area contributed by atoms with Crippen LogP contribution < -0.4 is 5.32 Å². The monoisotopic (exact) mass is 254 g/mol. The van der Waals surface area contributed by atoms with E-state index in [0.717, 1.165) is 0 Å². The molecule has 0 radical (unpaired) electrons. The summed E-state index contributed by atoms with van der Waals surface area (Å²) in [6, 6.07) is 1.86. The SMILES string of the molecule is N#Cc1cn[nH]c1NC(=O)C1CCS(=O)(=O)C1. The fourth-order valence-electron chi connectivity index (χ4n) is 1.69. The van der Waals surface area contributed by atoms with Crippen molar-refractivity contribution < 1.29 is 13.2 Å². The van der Waals surface area contributed by atoms with Crippen LogP contribution in [0.1, 0.15) is 12.0 Å². The first-order valence-electron chi connectivity index (χ1n) is 4.96. The molecule has 1 fully saturated rings. The third-order valence-electron chi connectivity index (χ3n) is 2.61. The molecule has 0 aromatic carbocycles. The van der Waals surface area contributed by atoms with Gasteiger partial charge in [-0.05, 0) is 6.42 Å². The van der Waals surface area contributed by atoms with Gasteiger partial charge in [0.25, 0.3) is 0 Å². The number of carbonyl (C=O) groups is 1. The van der Waals surface area contributed by atoms with Gasteiger partial charge < -0.3 is 5.32 Å². The van der Waals surface area contributed by atoms with E-state index in [0.29, 0.717) is 6.42 Å². The number of nitrogens with zero attached hydrogens (tertiary/aromatic N) is 2. The number of H-pyrrole nitrogens is 1. The first-order valence-corrected chi connectivity index (χ1v) is 6.79. The van der Waals surface area contributed by atoms with E-state index in [1.165, 1.54) is 6.20 Å². The summed E-state index contributed by atoms with van der Waals surface area (Å²) in [5, 5.41) is 17.3. The fraction of sp³-hybridized carbons (Fsp3) is 0.444. The molecule has 7 nitrogen and oxygen atoms in total. The number of aromatic nitrogens is 2. The summed E-state index contributed by atoms with van der Waals surface area (Å²) in [7, 11) is -3.09. The summed E-state index contributed by atoms with van der Waals surface area (Å²) in [5.74, 6) is -0.822. The van der Waals surface area contributed by atoms with Crippen molar-refractivity contribution in [3.63, 3.8) is 0 Å². The van der Waals surface area contributed by atoms with Crippen LogP contribution in [-0.2, 0) is 14.6 Å². The number of hydrogen-bond donors (Lipinski definition) is 2. The highest BCUT2D eigenvalue weighted by molar-refractivity contribution is 7.91. The standard InChI is InChI=1S/C9H10N4O3S/c10-3-7-4-11-13-8(7)12-9(14)6-1-2-17(15,16)5-6/h4,6H,1-2,5H2,(H2,11,12,13,14). The molecule has 0 aliphatic carbocycles. The van der Waals surface area contributed by atoms with Crippen LogP contribution in [0.3, 0.4) is 0 Å². The number of hydrogen-bond acceptors (Lipinski definition) is 5. The van der Waals surface area contributed by atoms with Crippen LogP contribution >= 0.6 is 0 Å². The lowest BCUT2D eigenvalue weighted by Gasteiger charge is -2.07. The number of amides is 1. The van der Waals surface area contributed by atoms with Crippen LogP contribution in [-0.4, -0.2) is 36.0 Å². The Bertz CT molecular complexity index is 584. The smallest absolute Gasteiger partial charge is 0.229 e. The second-order valence-electron chi connectivity index (χ2n) is 3.86. The molecule has 1 saturated heterocycles. The van der Waals surface area contributed by atoms with Crippen molar-refractivity contribution in [2.24, 2.45) is 5.92 Å².